The van der Waals surface area contributed by atoms with E-state index >= 15 is 0 Å². The van der Waals surface area contributed by atoms with Gasteiger partial charge in [0.1, 0.15) is 0 Å². The summed E-state index contributed by atoms with van der Waals surface area (Å²) in [6, 6.07) is 0. The SMILES string of the molecule is CCCC(CCC)(CC(=O)OC)NC. The summed E-state index contributed by atoms with van der Waals surface area (Å²) < 4.78 is 4.72. The van der Waals surface area contributed by atoms with Gasteiger partial charge >= 0.3 is 5.97 Å². The molecule has 84 valence electrons. The first kappa shape index (κ1) is 13.4. The molecule has 0 aliphatic rings. The van der Waals surface area contributed by atoms with Crippen LogP contribution in [-0.2, 0) is 9.53 Å². The van der Waals surface area contributed by atoms with Crippen LogP contribution in [0, 0.1) is 0 Å². The van der Waals surface area contributed by atoms with Crippen LogP contribution in [0.5, 0.6) is 0 Å². The van der Waals surface area contributed by atoms with Crippen molar-refractivity contribution in [2.24, 2.45) is 0 Å². The van der Waals surface area contributed by atoms with Gasteiger partial charge in [0.2, 0.25) is 0 Å². The normalized spacial score (nSPS) is 11.4. The molecule has 0 aliphatic heterocycles. The van der Waals surface area contributed by atoms with E-state index < -0.39 is 0 Å². The monoisotopic (exact) mass is 201 g/mol. The van der Waals surface area contributed by atoms with Crippen LogP contribution in [0.1, 0.15) is 46.0 Å². The van der Waals surface area contributed by atoms with Gasteiger partial charge in [0.25, 0.3) is 0 Å². The Morgan fingerprint density at radius 2 is 1.79 bits per heavy atom. The van der Waals surface area contributed by atoms with Gasteiger partial charge in [0.05, 0.1) is 13.5 Å². The molecule has 0 aromatic rings. The fourth-order valence-corrected chi connectivity index (χ4v) is 1.95. The van der Waals surface area contributed by atoms with Crippen molar-refractivity contribution in [1.82, 2.24) is 5.32 Å². The Kier molecular flexibility index (Phi) is 6.54. The van der Waals surface area contributed by atoms with E-state index in [9.17, 15) is 4.79 Å². The van der Waals surface area contributed by atoms with Crippen LogP contribution >= 0.6 is 0 Å². The fourth-order valence-electron chi connectivity index (χ4n) is 1.95. The molecular weight excluding hydrogens is 178 g/mol. The van der Waals surface area contributed by atoms with Crippen molar-refractivity contribution >= 4 is 5.97 Å². The van der Waals surface area contributed by atoms with Crippen LogP contribution in [0.2, 0.25) is 0 Å². The molecule has 0 heterocycles. The summed E-state index contributed by atoms with van der Waals surface area (Å²) in [6.07, 6.45) is 4.68. The minimum atomic E-state index is -0.124. The van der Waals surface area contributed by atoms with E-state index in [1.54, 1.807) is 0 Å². The maximum atomic E-state index is 11.3. The first-order valence-electron chi connectivity index (χ1n) is 5.39. The smallest absolute Gasteiger partial charge is 0.307 e. The summed E-state index contributed by atoms with van der Waals surface area (Å²) in [4.78, 5) is 11.3. The molecule has 0 amide bonds. The molecule has 1 N–H and O–H groups in total. The fraction of sp³-hybridized carbons (Fsp3) is 0.909. The zero-order chi connectivity index (χ0) is 11.0. The zero-order valence-corrected chi connectivity index (χ0v) is 9.85. The molecule has 0 aromatic heterocycles. The van der Waals surface area contributed by atoms with E-state index in [1.807, 2.05) is 7.05 Å². The third-order valence-electron chi connectivity index (χ3n) is 2.70. The van der Waals surface area contributed by atoms with E-state index in [0.717, 1.165) is 25.7 Å². The van der Waals surface area contributed by atoms with Gasteiger partial charge in [-0.3, -0.25) is 4.79 Å². The second-order valence-corrected chi connectivity index (χ2v) is 3.78. The van der Waals surface area contributed by atoms with E-state index in [-0.39, 0.29) is 11.5 Å². The van der Waals surface area contributed by atoms with Crippen molar-refractivity contribution in [3.63, 3.8) is 0 Å². The van der Waals surface area contributed by atoms with Gasteiger partial charge in [0.15, 0.2) is 0 Å². The Morgan fingerprint density at radius 3 is 2.07 bits per heavy atom. The van der Waals surface area contributed by atoms with Crippen LogP contribution in [0.25, 0.3) is 0 Å². The average molecular weight is 201 g/mol. The maximum absolute atomic E-state index is 11.3. The quantitative estimate of drug-likeness (QED) is 0.641. The van der Waals surface area contributed by atoms with Crippen molar-refractivity contribution in [2.75, 3.05) is 14.2 Å². The molecule has 0 radical (unpaired) electrons. The van der Waals surface area contributed by atoms with E-state index in [0.29, 0.717) is 6.42 Å². The van der Waals surface area contributed by atoms with Crippen LogP contribution in [0.3, 0.4) is 0 Å². The molecular formula is C11H23NO2. The molecule has 0 bridgehead atoms. The zero-order valence-electron chi connectivity index (χ0n) is 9.85. The lowest BCUT2D eigenvalue weighted by Gasteiger charge is -2.32. The Hall–Kier alpha value is -0.570. The number of carbonyl (C=O) groups excluding carboxylic acids is 1. The number of nitrogens with one attached hydrogen (secondary N) is 1. The molecule has 0 aliphatic carbocycles. The molecule has 0 spiro atoms. The van der Waals surface area contributed by atoms with Gasteiger partial charge in [0, 0.05) is 5.54 Å². The summed E-state index contributed by atoms with van der Waals surface area (Å²) in [7, 11) is 3.37. The standard InChI is InChI=1S/C11H23NO2/c1-5-7-11(12-3,8-6-2)9-10(13)14-4/h12H,5-9H2,1-4H3. The molecule has 0 atom stereocenters. The van der Waals surface area contributed by atoms with Gasteiger partial charge in [-0.1, -0.05) is 26.7 Å². The number of carbonyl (C=O) groups is 1. The number of esters is 1. The summed E-state index contributed by atoms with van der Waals surface area (Å²) >= 11 is 0. The highest BCUT2D eigenvalue weighted by Crippen LogP contribution is 2.23. The lowest BCUT2D eigenvalue weighted by Crippen LogP contribution is -2.44. The highest BCUT2D eigenvalue weighted by Gasteiger charge is 2.29. The Bertz CT molecular complexity index is 163. The topological polar surface area (TPSA) is 38.3 Å². The van der Waals surface area contributed by atoms with Crippen molar-refractivity contribution in [1.29, 1.82) is 0 Å². The summed E-state index contributed by atoms with van der Waals surface area (Å²) in [5.41, 5.74) is -0.0589. The second kappa shape index (κ2) is 6.82. The van der Waals surface area contributed by atoms with Crippen molar-refractivity contribution < 1.29 is 9.53 Å². The predicted molar refractivity (Wildman–Crippen MR) is 58.2 cm³/mol. The third-order valence-corrected chi connectivity index (χ3v) is 2.70. The lowest BCUT2D eigenvalue weighted by atomic mass is 9.85. The molecule has 14 heavy (non-hydrogen) atoms. The molecule has 0 unspecified atom stereocenters. The summed E-state index contributed by atoms with van der Waals surface area (Å²) in [5.74, 6) is -0.124. The van der Waals surface area contributed by atoms with Crippen LogP contribution < -0.4 is 5.32 Å². The lowest BCUT2D eigenvalue weighted by molar-refractivity contribution is -0.142. The first-order valence-corrected chi connectivity index (χ1v) is 5.39. The van der Waals surface area contributed by atoms with Gasteiger partial charge in [-0.15, -0.1) is 0 Å². The molecule has 3 heteroatoms. The Morgan fingerprint density at radius 1 is 1.29 bits per heavy atom. The Balaban J connectivity index is 4.39. The highest BCUT2D eigenvalue weighted by molar-refractivity contribution is 5.70. The third kappa shape index (κ3) is 4.09. The number of hydrogen-bond donors (Lipinski definition) is 1. The molecule has 0 saturated heterocycles. The number of ether oxygens (including phenoxy) is 1. The molecule has 0 aromatic carbocycles. The largest absolute Gasteiger partial charge is 0.469 e. The van der Waals surface area contributed by atoms with E-state index in [2.05, 4.69) is 19.2 Å². The summed E-state index contributed by atoms with van der Waals surface area (Å²) in [5, 5.41) is 3.28. The number of rotatable bonds is 7. The average Bonchev–Trinajstić information content (AvgIpc) is 2.18. The number of methoxy groups -OCH3 is 1. The van der Waals surface area contributed by atoms with E-state index in [4.69, 9.17) is 4.74 Å². The van der Waals surface area contributed by atoms with E-state index in [1.165, 1.54) is 7.11 Å². The van der Waals surface area contributed by atoms with Gasteiger partial charge < -0.3 is 10.1 Å². The van der Waals surface area contributed by atoms with Gasteiger partial charge in [-0.25, -0.2) is 0 Å². The van der Waals surface area contributed by atoms with Crippen molar-refractivity contribution in [3.05, 3.63) is 0 Å². The Labute approximate surface area is 87.2 Å². The summed E-state index contributed by atoms with van der Waals surface area (Å²) in [6.45, 7) is 4.28. The van der Waals surface area contributed by atoms with Crippen LogP contribution in [0.15, 0.2) is 0 Å². The molecule has 0 fully saturated rings. The first-order chi connectivity index (χ1) is 6.64. The van der Waals surface area contributed by atoms with Crippen LogP contribution in [-0.4, -0.2) is 25.7 Å². The van der Waals surface area contributed by atoms with Gasteiger partial charge in [-0.2, -0.15) is 0 Å². The van der Waals surface area contributed by atoms with Crippen molar-refractivity contribution in [3.8, 4) is 0 Å². The van der Waals surface area contributed by atoms with Crippen LogP contribution in [0.4, 0.5) is 0 Å². The minimum Gasteiger partial charge on any atom is -0.469 e. The molecule has 0 saturated carbocycles. The predicted octanol–water partition coefficient (Wildman–Crippen LogP) is 2.11. The number of hydrogen-bond acceptors (Lipinski definition) is 3. The minimum absolute atomic E-state index is 0.0589. The second-order valence-electron chi connectivity index (χ2n) is 3.78. The molecule has 3 nitrogen and oxygen atoms in total. The maximum Gasteiger partial charge on any atom is 0.307 e. The van der Waals surface area contributed by atoms with Crippen molar-refractivity contribution in [2.45, 2.75) is 51.5 Å². The highest BCUT2D eigenvalue weighted by atomic mass is 16.5. The van der Waals surface area contributed by atoms with Gasteiger partial charge in [-0.05, 0) is 19.9 Å². The molecule has 0 rings (SSSR count).